The number of aromatic nitrogens is 1. The van der Waals surface area contributed by atoms with E-state index in [0.717, 1.165) is 6.54 Å². The Balaban J connectivity index is 1.99. The Morgan fingerprint density at radius 2 is 2.28 bits per heavy atom. The summed E-state index contributed by atoms with van der Waals surface area (Å²) in [4.78, 5) is 15.2. The van der Waals surface area contributed by atoms with Crippen LogP contribution in [0.25, 0.3) is 0 Å². The summed E-state index contributed by atoms with van der Waals surface area (Å²) < 4.78 is 0. The van der Waals surface area contributed by atoms with Crippen LogP contribution in [-0.2, 0) is 0 Å². The van der Waals surface area contributed by atoms with Gasteiger partial charge in [-0.2, -0.15) is 0 Å². The Bertz CT molecular complexity index is 420. The van der Waals surface area contributed by atoms with Crippen LogP contribution in [-0.4, -0.2) is 22.6 Å². The van der Waals surface area contributed by atoms with Crippen molar-refractivity contribution in [2.45, 2.75) is 32.6 Å². The van der Waals surface area contributed by atoms with E-state index in [1.165, 1.54) is 25.7 Å². The van der Waals surface area contributed by atoms with E-state index in [1.807, 2.05) is 0 Å². The molecule has 0 radical (unpaired) electrons. The Labute approximate surface area is 107 Å². The van der Waals surface area contributed by atoms with Crippen molar-refractivity contribution in [3.63, 3.8) is 0 Å². The van der Waals surface area contributed by atoms with Gasteiger partial charge < -0.3 is 10.4 Å². The Morgan fingerprint density at radius 1 is 1.50 bits per heavy atom. The van der Waals surface area contributed by atoms with E-state index in [2.05, 4.69) is 17.2 Å². The minimum Gasteiger partial charge on any atom is -0.478 e. The third-order valence-corrected chi connectivity index (χ3v) is 3.86. The number of pyridine rings is 1. The standard InChI is InChI=1S/C14H20N2O2/c1-10-5-2-3-6-11(10)9-16-13-12(14(17)18)7-4-8-15-13/h4,7-8,10-11H,2-3,5-6,9H2,1H3,(H,15,16)(H,17,18). The van der Waals surface area contributed by atoms with Crippen LogP contribution in [0.5, 0.6) is 0 Å². The molecule has 2 N–H and O–H groups in total. The van der Waals surface area contributed by atoms with Gasteiger partial charge in [0.05, 0.1) is 0 Å². The molecule has 0 saturated heterocycles. The second-order valence-corrected chi connectivity index (χ2v) is 5.11. The molecular formula is C14H20N2O2. The quantitative estimate of drug-likeness (QED) is 0.859. The number of hydrogen-bond donors (Lipinski definition) is 2. The molecule has 2 unspecified atom stereocenters. The van der Waals surface area contributed by atoms with Crippen LogP contribution < -0.4 is 5.32 Å². The molecule has 1 aromatic heterocycles. The lowest BCUT2D eigenvalue weighted by Gasteiger charge is -2.29. The fourth-order valence-electron chi connectivity index (χ4n) is 2.64. The Kier molecular flexibility index (Phi) is 4.18. The highest BCUT2D eigenvalue weighted by atomic mass is 16.4. The predicted molar refractivity (Wildman–Crippen MR) is 70.8 cm³/mol. The zero-order valence-electron chi connectivity index (χ0n) is 10.7. The fraction of sp³-hybridized carbons (Fsp3) is 0.571. The minimum atomic E-state index is -0.928. The lowest BCUT2D eigenvalue weighted by atomic mass is 9.80. The summed E-state index contributed by atoms with van der Waals surface area (Å²) in [6.07, 6.45) is 6.73. The lowest BCUT2D eigenvalue weighted by Crippen LogP contribution is -2.25. The van der Waals surface area contributed by atoms with E-state index in [1.54, 1.807) is 18.3 Å². The van der Waals surface area contributed by atoms with Gasteiger partial charge in [-0.25, -0.2) is 9.78 Å². The van der Waals surface area contributed by atoms with Gasteiger partial charge in [-0.1, -0.05) is 26.2 Å². The van der Waals surface area contributed by atoms with E-state index in [4.69, 9.17) is 5.11 Å². The van der Waals surface area contributed by atoms with Gasteiger partial charge in [0.15, 0.2) is 0 Å². The number of hydrogen-bond acceptors (Lipinski definition) is 3. The molecule has 4 heteroatoms. The molecule has 0 bridgehead atoms. The van der Waals surface area contributed by atoms with E-state index in [9.17, 15) is 4.79 Å². The van der Waals surface area contributed by atoms with Crippen LogP contribution >= 0.6 is 0 Å². The Hall–Kier alpha value is -1.58. The number of carbonyl (C=O) groups is 1. The summed E-state index contributed by atoms with van der Waals surface area (Å²) >= 11 is 0. The van der Waals surface area contributed by atoms with E-state index in [-0.39, 0.29) is 5.56 Å². The van der Waals surface area contributed by atoms with Gasteiger partial charge in [0.1, 0.15) is 11.4 Å². The molecule has 2 rings (SSSR count). The fourth-order valence-corrected chi connectivity index (χ4v) is 2.64. The van der Waals surface area contributed by atoms with Crippen LogP contribution in [0.4, 0.5) is 5.82 Å². The molecule has 98 valence electrons. The number of nitrogens with one attached hydrogen (secondary N) is 1. The molecule has 0 aliphatic heterocycles. The number of nitrogens with zero attached hydrogens (tertiary/aromatic N) is 1. The molecule has 4 nitrogen and oxygen atoms in total. The summed E-state index contributed by atoms with van der Waals surface area (Å²) in [5.74, 6) is 0.899. The van der Waals surface area contributed by atoms with E-state index >= 15 is 0 Å². The SMILES string of the molecule is CC1CCCCC1CNc1ncccc1C(=O)O. The second-order valence-electron chi connectivity index (χ2n) is 5.11. The topological polar surface area (TPSA) is 62.2 Å². The molecular weight excluding hydrogens is 228 g/mol. The van der Waals surface area contributed by atoms with Crippen molar-refractivity contribution >= 4 is 11.8 Å². The van der Waals surface area contributed by atoms with Gasteiger partial charge in [0, 0.05) is 12.7 Å². The van der Waals surface area contributed by atoms with Crippen molar-refractivity contribution in [3.05, 3.63) is 23.9 Å². The highest BCUT2D eigenvalue weighted by Crippen LogP contribution is 2.29. The summed E-state index contributed by atoms with van der Waals surface area (Å²) in [6, 6.07) is 3.24. The van der Waals surface area contributed by atoms with Crippen molar-refractivity contribution in [2.24, 2.45) is 11.8 Å². The maximum atomic E-state index is 11.1. The van der Waals surface area contributed by atoms with Crippen molar-refractivity contribution in [2.75, 3.05) is 11.9 Å². The molecule has 1 heterocycles. The molecule has 0 aromatic carbocycles. The number of carboxylic acid groups (broad SMARTS) is 1. The molecule has 1 saturated carbocycles. The largest absolute Gasteiger partial charge is 0.478 e. The predicted octanol–water partition coefficient (Wildman–Crippen LogP) is 3.02. The summed E-state index contributed by atoms with van der Waals surface area (Å²) in [5.41, 5.74) is 0.251. The average Bonchev–Trinajstić information content (AvgIpc) is 2.38. The highest BCUT2D eigenvalue weighted by molar-refractivity contribution is 5.92. The molecule has 1 aliphatic carbocycles. The number of rotatable bonds is 4. The lowest BCUT2D eigenvalue weighted by molar-refractivity contribution is 0.0697. The smallest absolute Gasteiger partial charge is 0.339 e. The molecule has 18 heavy (non-hydrogen) atoms. The molecule has 0 spiro atoms. The van der Waals surface area contributed by atoms with Crippen LogP contribution in [0.15, 0.2) is 18.3 Å². The normalized spacial score (nSPS) is 23.6. The Morgan fingerprint density at radius 3 is 3.00 bits per heavy atom. The maximum Gasteiger partial charge on any atom is 0.339 e. The summed E-state index contributed by atoms with van der Waals surface area (Å²) in [5, 5.41) is 12.3. The van der Waals surface area contributed by atoms with Crippen molar-refractivity contribution in [3.8, 4) is 0 Å². The van der Waals surface area contributed by atoms with Crippen LogP contribution in [0.2, 0.25) is 0 Å². The zero-order chi connectivity index (χ0) is 13.0. The van der Waals surface area contributed by atoms with Gasteiger partial charge >= 0.3 is 5.97 Å². The first-order chi connectivity index (χ1) is 8.68. The first-order valence-electron chi connectivity index (χ1n) is 6.60. The van der Waals surface area contributed by atoms with Gasteiger partial charge in [-0.15, -0.1) is 0 Å². The maximum absolute atomic E-state index is 11.1. The first-order valence-corrected chi connectivity index (χ1v) is 6.60. The van der Waals surface area contributed by atoms with Gasteiger partial charge in [0.2, 0.25) is 0 Å². The van der Waals surface area contributed by atoms with Crippen molar-refractivity contribution in [1.82, 2.24) is 4.98 Å². The van der Waals surface area contributed by atoms with Crippen LogP contribution in [0, 0.1) is 11.8 Å². The number of aromatic carboxylic acids is 1. The molecule has 1 fully saturated rings. The molecule has 0 amide bonds. The molecule has 2 atom stereocenters. The number of anilines is 1. The third-order valence-electron chi connectivity index (χ3n) is 3.86. The van der Waals surface area contributed by atoms with Crippen molar-refractivity contribution < 1.29 is 9.90 Å². The van der Waals surface area contributed by atoms with Gasteiger partial charge in [-0.3, -0.25) is 0 Å². The number of carboxylic acids is 1. The van der Waals surface area contributed by atoms with Gasteiger partial charge in [0.25, 0.3) is 0 Å². The zero-order valence-corrected chi connectivity index (χ0v) is 10.7. The first kappa shape index (κ1) is 12.9. The third kappa shape index (κ3) is 3.00. The molecule has 1 aromatic rings. The minimum absolute atomic E-state index is 0.251. The molecule has 1 aliphatic rings. The highest BCUT2D eigenvalue weighted by Gasteiger charge is 2.21. The average molecular weight is 248 g/mol. The van der Waals surface area contributed by atoms with E-state index < -0.39 is 5.97 Å². The van der Waals surface area contributed by atoms with Crippen LogP contribution in [0.3, 0.4) is 0 Å². The van der Waals surface area contributed by atoms with Gasteiger partial charge in [-0.05, 0) is 30.4 Å². The second kappa shape index (κ2) is 5.85. The summed E-state index contributed by atoms with van der Waals surface area (Å²) in [6.45, 7) is 3.10. The van der Waals surface area contributed by atoms with Crippen LogP contribution in [0.1, 0.15) is 43.0 Å². The van der Waals surface area contributed by atoms with E-state index in [0.29, 0.717) is 17.7 Å². The van der Waals surface area contributed by atoms with Crippen molar-refractivity contribution in [1.29, 1.82) is 0 Å². The summed E-state index contributed by atoms with van der Waals surface area (Å²) in [7, 11) is 0. The monoisotopic (exact) mass is 248 g/mol.